The van der Waals surface area contributed by atoms with Crippen molar-refractivity contribution in [1.29, 1.82) is 0 Å². The number of benzene rings is 2. The first kappa shape index (κ1) is 17.7. The number of hydrogen-bond donors (Lipinski definition) is 1. The Hall–Kier alpha value is -3.15. The summed E-state index contributed by atoms with van der Waals surface area (Å²) in [5, 5.41) is 6.73. The molecule has 1 aromatic heterocycles. The average Bonchev–Trinajstić information content (AvgIpc) is 3.15. The van der Waals surface area contributed by atoms with Crippen LogP contribution in [0.1, 0.15) is 24.8 Å². The van der Waals surface area contributed by atoms with Crippen LogP contribution in [0.25, 0.3) is 11.4 Å². The molecule has 0 unspecified atom stereocenters. The zero-order chi connectivity index (χ0) is 18.4. The third kappa shape index (κ3) is 4.27. The second-order valence-corrected chi connectivity index (χ2v) is 5.88. The van der Waals surface area contributed by atoms with Gasteiger partial charge in [-0.25, -0.2) is 0 Å². The number of amides is 1. The van der Waals surface area contributed by atoms with Crippen LogP contribution in [0.15, 0.2) is 59.1 Å². The molecular formula is C20H21N3O3. The van der Waals surface area contributed by atoms with Crippen molar-refractivity contribution in [3.05, 3.63) is 66.1 Å². The number of aromatic nitrogens is 2. The Kier molecular flexibility index (Phi) is 5.63. The average molecular weight is 351 g/mol. The monoisotopic (exact) mass is 351 g/mol. The Bertz CT molecular complexity index is 862. The van der Waals surface area contributed by atoms with Crippen LogP contribution in [0.3, 0.4) is 0 Å². The van der Waals surface area contributed by atoms with Crippen LogP contribution in [-0.2, 0) is 11.3 Å². The Morgan fingerprint density at radius 2 is 1.88 bits per heavy atom. The number of rotatable bonds is 7. The van der Waals surface area contributed by atoms with Gasteiger partial charge in [0.15, 0.2) is 6.10 Å². The van der Waals surface area contributed by atoms with Crippen molar-refractivity contribution >= 4 is 5.91 Å². The lowest BCUT2D eigenvalue weighted by molar-refractivity contribution is -0.128. The van der Waals surface area contributed by atoms with E-state index in [2.05, 4.69) is 15.5 Å². The first-order valence-electron chi connectivity index (χ1n) is 8.55. The Morgan fingerprint density at radius 1 is 1.15 bits per heavy atom. The van der Waals surface area contributed by atoms with Gasteiger partial charge in [-0.2, -0.15) is 4.98 Å². The highest BCUT2D eigenvalue weighted by Crippen LogP contribution is 2.19. The number of carbonyl (C=O) groups excluding carboxylic acids is 1. The fraction of sp³-hybridized carbons (Fsp3) is 0.250. The second-order valence-electron chi connectivity index (χ2n) is 5.88. The van der Waals surface area contributed by atoms with Crippen LogP contribution in [0.2, 0.25) is 0 Å². The van der Waals surface area contributed by atoms with Crippen LogP contribution in [-0.4, -0.2) is 22.2 Å². The fourth-order valence-electron chi connectivity index (χ4n) is 2.47. The van der Waals surface area contributed by atoms with Gasteiger partial charge in [0.25, 0.3) is 5.91 Å². The van der Waals surface area contributed by atoms with Crippen LogP contribution in [0.4, 0.5) is 0 Å². The molecule has 1 N–H and O–H groups in total. The van der Waals surface area contributed by atoms with Crippen molar-refractivity contribution in [2.24, 2.45) is 0 Å². The molecule has 1 atom stereocenters. The van der Waals surface area contributed by atoms with Gasteiger partial charge in [0, 0.05) is 5.56 Å². The molecule has 0 fully saturated rings. The predicted molar refractivity (Wildman–Crippen MR) is 97.5 cm³/mol. The molecule has 0 radical (unpaired) electrons. The highest BCUT2D eigenvalue weighted by atomic mass is 16.5. The minimum absolute atomic E-state index is 0.159. The summed E-state index contributed by atoms with van der Waals surface area (Å²) in [5.74, 6) is 1.34. The van der Waals surface area contributed by atoms with E-state index in [9.17, 15) is 4.79 Å². The molecule has 1 heterocycles. The Labute approximate surface area is 152 Å². The lowest BCUT2D eigenvalue weighted by atomic mass is 10.2. The summed E-state index contributed by atoms with van der Waals surface area (Å²) in [6, 6.07) is 17.2. The summed E-state index contributed by atoms with van der Waals surface area (Å²) >= 11 is 0. The summed E-state index contributed by atoms with van der Waals surface area (Å²) in [5.41, 5.74) is 1.85. The topological polar surface area (TPSA) is 77.2 Å². The molecule has 0 spiro atoms. The van der Waals surface area contributed by atoms with Crippen LogP contribution < -0.4 is 10.1 Å². The molecule has 0 bridgehead atoms. The van der Waals surface area contributed by atoms with Gasteiger partial charge < -0.3 is 14.6 Å². The summed E-state index contributed by atoms with van der Waals surface area (Å²) in [7, 11) is 0. The van der Waals surface area contributed by atoms with Crippen molar-refractivity contribution in [2.75, 3.05) is 0 Å². The number of nitrogens with zero attached hydrogens (tertiary/aromatic N) is 2. The minimum Gasteiger partial charge on any atom is -0.480 e. The lowest BCUT2D eigenvalue weighted by Crippen LogP contribution is -2.37. The molecule has 0 saturated heterocycles. The molecule has 3 aromatic rings. The maximum atomic E-state index is 12.4. The van der Waals surface area contributed by atoms with E-state index in [0.717, 1.165) is 11.1 Å². The summed E-state index contributed by atoms with van der Waals surface area (Å²) in [6.07, 6.45) is -0.0215. The molecule has 26 heavy (non-hydrogen) atoms. The maximum absolute atomic E-state index is 12.4. The van der Waals surface area contributed by atoms with E-state index in [0.29, 0.717) is 23.9 Å². The Balaban J connectivity index is 1.59. The van der Waals surface area contributed by atoms with Crippen LogP contribution in [0, 0.1) is 6.92 Å². The van der Waals surface area contributed by atoms with Gasteiger partial charge in [-0.3, -0.25) is 4.79 Å². The van der Waals surface area contributed by atoms with E-state index in [-0.39, 0.29) is 12.5 Å². The normalized spacial score (nSPS) is 11.8. The zero-order valence-electron chi connectivity index (χ0n) is 14.8. The molecule has 1 amide bonds. The molecule has 0 aliphatic heterocycles. The van der Waals surface area contributed by atoms with Gasteiger partial charge in [0.1, 0.15) is 5.75 Å². The predicted octanol–water partition coefficient (Wildman–Crippen LogP) is 3.52. The molecule has 0 aliphatic rings. The van der Waals surface area contributed by atoms with Gasteiger partial charge in [0.05, 0.1) is 6.54 Å². The standard InChI is InChI=1S/C20H21N3O3/c1-3-16(25-17-12-8-7-9-14(17)2)20(24)21-13-18-22-19(23-26-18)15-10-5-4-6-11-15/h4-12,16H,3,13H2,1-2H3,(H,21,24)/t16-/m1/s1. The van der Waals surface area contributed by atoms with E-state index in [1.165, 1.54) is 0 Å². The lowest BCUT2D eigenvalue weighted by Gasteiger charge is -2.18. The highest BCUT2D eigenvalue weighted by Gasteiger charge is 2.20. The number of para-hydroxylation sites is 1. The van der Waals surface area contributed by atoms with Crippen molar-refractivity contribution in [2.45, 2.75) is 32.9 Å². The number of carbonyl (C=O) groups is 1. The number of nitrogens with one attached hydrogen (secondary N) is 1. The van der Waals surface area contributed by atoms with E-state index in [1.54, 1.807) is 0 Å². The van der Waals surface area contributed by atoms with Gasteiger partial charge >= 0.3 is 0 Å². The van der Waals surface area contributed by atoms with Crippen molar-refractivity contribution in [3.63, 3.8) is 0 Å². The third-order valence-corrected chi connectivity index (χ3v) is 3.94. The van der Waals surface area contributed by atoms with Gasteiger partial charge in [-0.1, -0.05) is 60.6 Å². The summed E-state index contributed by atoms with van der Waals surface area (Å²) in [6.45, 7) is 4.01. The second kappa shape index (κ2) is 8.29. The first-order valence-corrected chi connectivity index (χ1v) is 8.55. The minimum atomic E-state index is -0.576. The summed E-state index contributed by atoms with van der Waals surface area (Å²) in [4.78, 5) is 16.7. The Morgan fingerprint density at radius 3 is 2.62 bits per heavy atom. The number of ether oxygens (including phenoxy) is 1. The largest absolute Gasteiger partial charge is 0.480 e. The van der Waals surface area contributed by atoms with E-state index in [4.69, 9.17) is 9.26 Å². The number of aryl methyl sites for hydroxylation is 1. The van der Waals surface area contributed by atoms with E-state index in [1.807, 2.05) is 68.4 Å². The van der Waals surface area contributed by atoms with Crippen molar-refractivity contribution < 1.29 is 14.1 Å². The third-order valence-electron chi connectivity index (χ3n) is 3.94. The van der Waals surface area contributed by atoms with Crippen LogP contribution >= 0.6 is 0 Å². The first-order chi connectivity index (χ1) is 12.7. The SMILES string of the molecule is CC[C@@H](Oc1ccccc1C)C(=O)NCc1nc(-c2ccccc2)no1. The zero-order valence-corrected chi connectivity index (χ0v) is 14.8. The van der Waals surface area contributed by atoms with E-state index < -0.39 is 6.10 Å². The summed E-state index contributed by atoms with van der Waals surface area (Å²) < 4.78 is 11.0. The van der Waals surface area contributed by atoms with Crippen molar-refractivity contribution in [3.8, 4) is 17.1 Å². The van der Waals surface area contributed by atoms with Gasteiger partial charge in [0.2, 0.25) is 11.7 Å². The molecule has 0 aliphatic carbocycles. The molecule has 6 heteroatoms. The molecule has 3 rings (SSSR count). The van der Waals surface area contributed by atoms with Crippen molar-refractivity contribution in [1.82, 2.24) is 15.5 Å². The molecule has 6 nitrogen and oxygen atoms in total. The molecule has 0 saturated carbocycles. The molecule has 2 aromatic carbocycles. The van der Waals surface area contributed by atoms with Gasteiger partial charge in [-0.15, -0.1) is 0 Å². The fourth-order valence-corrected chi connectivity index (χ4v) is 2.47. The van der Waals surface area contributed by atoms with Crippen LogP contribution in [0.5, 0.6) is 5.75 Å². The van der Waals surface area contributed by atoms with E-state index >= 15 is 0 Å². The maximum Gasteiger partial charge on any atom is 0.261 e. The highest BCUT2D eigenvalue weighted by molar-refractivity contribution is 5.81. The van der Waals surface area contributed by atoms with Gasteiger partial charge in [-0.05, 0) is 25.0 Å². The quantitative estimate of drug-likeness (QED) is 0.705. The molecule has 134 valence electrons. The smallest absolute Gasteiger partial charge is 0.261 e. The number of hydrogen-bond acceptors (Lipinski definition) is 5. The molecular weight excluding hydrogens is 330 g/mol.